The number of hydrogen-bond acceptors (Lipinski definition) is 38. The van der Waals surface area contributed by atoms with Gasteiger partial charge in [-0.15, -0.1) is 0 Å². The Kier molecular flexibility index (Phi) is 49.0. The highest BCUT2D eigenvalue weighted by Gasteiger charge is 2.55. The van der Waals surface area contributed by atoms with Gasteiger partial charge in [0.15, 0.2) is 55.5 Å². The summed E-state index contributed by atoms with van der Waals surface area (Å²) in [6.07, 6.45) is -17.8. The lowest BCUT2D eigenvalue weighted by molar-refractivity contribution is -0.279. The molecule has 0 aromatic heterocycles. The minimum absolute atomic E-state index is 0.0556. The van der Waals surface area contributed by atoms with Gasteiger partial charge in [-0.2, -0.15) is 5.26 Å². The summed E-state index contributed by atoms with van der Waals surface area (Å²) in [4.78, 5) is 204. The number of carbonyl (C=O) groups excluding carboxylic acids is 16. The molecular weight excluding hydrogens is 1690 g/mol. The molecule has 7 N–H and O–H groups in total. The fraction of sp³-hybridized carbons (Fsp3) is 0.713. The SMILES string of the molecule is CC(=O)NC1C(OCCOCCNC(=O)CCC(CCC(=O)NCCOCCOC2OC(COC(C)=O)C(OC(C)=O)C(OC(C)=O)C2NC(C)=O)(CCC(=O)NCCOCCOC2OC(COC(C)=O)C(OC(C)=O)C(OC(C)=O)C2NC(C)=O)NC(=O)c2ccc(OP(OCCC#N)N(C(C)C)C(C)C)cc2)OC(COC(C)=O)C(OC(C)=O)C1OC(C)=O. The molecule has 7 amide bonds. The number of ether oxygens (including phenoxy) is 18. The third-order valence-corrected chi connectivity index (χ3v) is 20.4. The number of nitriles is 1. The van der Waals surface area contributed by atoms with E-state index in [1.165, 1.54) is 32.9 Å². The van der Waals surface area contributed by atoms with Crippen LogP contribution >= 0.6 is 8.53 Å². The molecule has 708 valence electrons. The van der Waals surface area contributed by atoms with E-state index >= 15 is 0 Å². The zero-order chi connectivity index (χ0) is 93.8. The molecule has 3 aliphatic heterocycles. The number of esters is 9. The second-order valence-electron chi connectivity index (χ2n) is 29.6. The Balaban J connectivity index is 1.62. The molecule has 0 aliphatic carbocycles. The highest BCUT2D eigenvalue weighted by Crippen LogP contribution is 2.46. The van der Waals surface area contributed by atoms with E-state index in [2.05, 4.69) is 43.3 Å². The fourth-order valence-corrected chi connectivity index (χ4v) is 14.9. The first kappa shape index (κ1) is 108. The Morgan fingerprint density at radius 3 is 0.984 bits per heavy atom. The van der Waals surface area contributed by atoms with Gasteiger partial charge in [0.1, 0.15) is 62.0 Å². The average molecular weight is 1820 g/mol. The van der Waals surface area contributed by atoms with Crippen LogP contribution in [-0.2, 0) is 162 Å². The van der Waals surface area contributed by atoms with Crippen LogP contribution in [0.4, 0.5) is 0 Å². The molecule has 3 heterocycles. The lowest BCUT2D eigenvalue weighted by Gasteiger charge is -2.44. The first-order chi connectivity index (χ1) is 59.6. The number of hydrogen-bond donors (Lipinski definition) is 7. The number of benzene rings is 1. The van der Waals surface area contributed by atoms with Crippen LogP contribution < -0.4 is 41.7 Å². The van der Waals surface area contributed by atoms with E-state index in [1.807, 2.05) is 32.4 Å². The standard InChI is InChI=1S/C80H122N9O36P/c1-45(2)89(46(3)4)126(115-32-17-28-81)125-60-20-18-59(19-21-60)76(105)88-80(25-22-64(102)82-29-33-106-36-39-109-77-67(85-47(5)90)73(119-56(14)99)70(116-53(11)96)61(122-77)42-112-50(8)93,26-23-65(103)83-30-34-107-37-40-110-78-68(86-48(6)91)74(120-57(15)100)71(117-54(12)97)62(123-78)43-113-51(9)94)27-24-66(104)84-31-35-108-38-41-111-79-69(87-49(7)92)75(121-58(16)101)72(118-55(13)98)63(124-79)44-114-52(10)95/h18-21,45-46,61-63,67-75,77-79H,17,22-27,29-44H2,1-16H3,(H,82,102)(H,83,103)(H,84,104)(H,85,90)(H,86,91)(H,87,92)(H,88,105). The Morgan fingerprint density at radius 1 is 0.413 bits per heavy atom. The smallest absolute Gasteiger partial charge is 0.321 e. The number of carbonyl (C=O) groups is 16. The number of rotatable bonds is 55. The van der Waals surface area contributed by atoms with Crippen molar-refractivity contribution < 1.29 is 171 Å². The van der Waals surface area contributed by atoms with Gasteiger partial charge in [0, 0.05) is 145 Å². The maximum Gasteiger partial charge on any atom is 0.321 e. The summed E-state index contributed by atoms with van der Waals surface area (Å²) >= 11 is 0. The lowest BCUT2D eigenvalue weighted by atomic mass is 9.82. The summed E-state index contributed by atoms with van der Waals surface area (Å²) in [5, 5.41) is 28.5. The van der Waals surface area contributed by atoms with Crippen LogP contribution in [0, 0.1) is 11.3 Å². The fourth-order valence-electron chi connectivity index (χ4n) is 13.3. The number of amides is 7. The highest BCUT2D eigenvalue weighted by molar-refractivity contribution is 7.45. The summed E-state index contributed by atoms with van der Waals surface area (Å²) in [7, 11) is -1.78. The Labute approximate surface area is 731 Å². The molecule has 45 nitrogen and oxygen atoms in total. The quantitative estimate of drug-likeness (QED) is 0.0203. The zero-order valence-corrected chi connectivity index (χ0v) is 74.8. The van der Waals surface area contributed by atoms with Gasteiger partial charge in [-0.3, -0.25) is 76.7 Å². The topological polar surface area (TPSA) is 569 Å². The van der Waals surface area contributed by atoms with Crippen molar-refractivity contribution in [2.24, 2.45) is 0 Å². The summed E-state index contributed by atoms with van der Waals surface area (Å²) in [6, 6.07) is 4.19. The van der Waals surface area contributed by atoms with E-state index in [1.54, 1.807) is 12.1 Å². The van der Waals surface area contributed by atoms with Crippen molar-refractivity contribution in [2.45, 2.75) is 265 Å². The number of nitrogens with zero attached hydrogens (tertiary/aromatic N) is 2. The van der Waals surface area contributed by atoms with Gasteiger partial charge in [-0.05, 0) is 71.2 Å². The molecule has 0 radical (unpaired) electrons. The van der Waals surface area contributed by atoms with Gasteiger partial charge in [0.2, 0.25) is 35.4 Å². The van der Waals surface area contributed by atoms with E-state index in [0.29, 0.717) is 5.75 Å². The van der Waals surface area contributed by atoms with Crippen LogP contribution in [0.25, 0.3) is 0 Å². The van der Waals surface area contributed by atoms with Gasteiger partial charge in [0.05, 0.1) is 78.6 Å². The Bertz CT molecular complexity index is 3480. The molecule has 1 aromatic rings. The van der Waals surface area contributed by atoms with Gasteiger partial charge in [-0.25, -0.2) is 4.67 Å². The molecule has 4 rings (SSSR count). The lowest BCUT2D eigenvalue weighted by Crippen LogP contribution is -2.66. The maximum absolute atomic E-state index is 14.9. The van der Waals surface area contributed by atoms with E-state index in [4.69, 9.17) is 94.3 Å². The first-order valence-corrected chi connectivity index (χ1v) is 42.0. The summed E-state index contributed by atoms with van der Waals surface area (Å²) in [5.41, 5.74) is -1.48. The molecular formula is C80H122N9O36P. The van der Waals surface area contributed by atoms with Crippen LogP contribution in [0.15, 0.2) is 24.3 Å². The Morgan fingerprint density at radius 2 is 0.714 bits per heavy atom. The van der Waals surface area contributed by atoms with Crippen molar-refractivity contribution in [3.05, 3.63) is 29.8 Å². The van der Waals surface area contributed by atoms with Crippen molar-refractivity contribution in [1.29, 1.82) is 5.26 Å². The predicted octanol–water partition coefficient (Wildman–Crippen LogP) is 0.567. The molecule has 3 aliphatic rings. The number of nitrogens with one attached hydrogen (secondary N) is 7. The molecule has 0 bridgehead atoms. The van der Waals surface area contributed by atoms with Crippen molar-refractivity contribution in [3.63, 3.8) is 0 Å². The minimum atomic E-state index is -1.78. The molecule has 1 aromatic carbocycles. The maximum atomic E-state index is 14.9. The monoisotopic (exact) mass is 1820 g/mol. The first-order valence-electron chi connectivity index (χ1n) is 40.9. The second-order valence-corrected chi connectivity index (χ2v) is 30.9. The van der Waals surface area contributed by atoms with Crippen LogP contribution in [-0.4, -0.2) is 315 Å². The molecule has 0 spiro atoms. The summed E-state index contributed by atoms with van der Waals surface area (Å²) < 4.78 is 116. The molecule has 3 saturated heterocycles. The molecule has 3 fully saturated rings. The van der Waals surface area contributed by atoms with Crippen molar-refractivity contribution >= 4 is 104 Å². The van der Waals surface area contributed by atoms with E-state index in [0.717, 1.165) is 62.3 Å². The van der Waals surface area contributed by atoms with E-state index in [9.17, 15) is 82.0 Å². The van der Waals surface area contributed by atoms with Crippen LogP contribution in [0.2, 0.25) is 0 Å². The highest BCUT2D eigenvalue weighted by atomic mass is 31.2. The van der Waals surface area contributed by atoms with Crippen molar-refractivity contribution in [2.75, 3.05) is 106 Å². The molecule has 16 atom stereocenters. The van der Waals surface area contributed by atoms with Crippen LogP contribution in [0.3, 0.4) is 0 Å². The predicted molar refractivity (Wildman–Crippen MR) is 432 cm³/mol. The van der Waals surface area contributed by atoms with Crippen LogP contribution in [0.1, 0.15) is 166 Å². The zero-order valence-electron chi connectivity index (χ0n) is 73.9. The van der Waals surface area contributed by atoms with Crippen LogP contribution in [0.5, 0.6) is 5.75 Å². The summed E-state index contributed by atoms with van der Waals surface area (Å²) in [6.45, 7) is 18.0. The molecule has 126 heavy (non-hydrogen) atoms. The summed E-state index contributed by atoms with van der Waals surface area (Å²) in [5.74, 6) is -10.9. The van der Waals surface area contributed by atoms with Gasteiger partial charge < -0.3 is 132 Å². The third-order valence-electron chi connectivity index (χ3n) is 18.3. The van der Waals surface area contributed by atoms with Crippen molar-refractivity contribution in [1.82, 2.24) is 41.9 Å². The van der Waals surface area contributed by atoms with Gasteiger partial charge in [-0.1, -0.05) is 0 Å². The largest absolute Gasteiger partial charge is 0.463 e. The van der Waals surface area contributed by atoms with E-state index in [-0.39, 0.29) is 148 Å². The van der Waals surface area contributed by atoms with Crippen molar-refractivity contribution in [3.8, 4) is 11.8 Å². The molecule has 0 saturated carbocycles. The van der Waals surface area contributed by atoms with E-state index < -0.39 is 221 Å². The van der Waals surface area contributed by atoms with Gasteiger partial charge >= 0.3 is 62.2 Å². The second kappa shape index (κ2) is 57.0. The minimum Gasteiger partial charge on any atom is -0.463 e. The average Bonchev–Trinajstić information content (AvgIpc) is 0.787. The third kappa shape index (κ3) is 40.8. The Hall–Kier alpha value is -9.98. The normalized spacial score (nSPS) is 22.7. The van der Waals surface area contributed by atoms with Gasteiger partial charge in [0.25, 0.3) is 5.91 Å². The molecule has 46 heteroatoms. The molecule has 16 unspecified atom stereocenters.